The fourth-order valence-corrected chi connectivity index (χ4v) is 3.63. The van der Waals surface area contributed by atoms with Gasteiger partial charge in [-0.15, -0.1) is 5.10 Å². The number of carbonyl (C=O) groups excluding carboxylic acids is 1. The smallest absolute Gasteiger partial charge is 0.303 e. The summed E-state index contributed by atoms with van der Waals surface area (Å²) in [4.78, 5) is 11.6. The minimum absolute atomic E-state index is 0.000253. The number of benzene rings is 1. The molecule has 2 aromatic rings. The Bertz CT molecular complexity index is 935. The molecule has 1 saturated heterocycles. The lowest BCUT2D eigenvalue weighted by Gasteiger charge is -2.42. The number of hydrogen-bond donors (Lipinski definition) is 0. The summed E-state index contributed by atoms with van der Waals surface area (Å²) in [6.45, 7) is 4.98. The summed E-state index contributed by atoms with van der Waals surface area (Å²) in [6.07, 6.45) is -0.246. The first kappa shape index (κ1) is 20.8. The highest BCUT2D eigenvalue weighted by atomic mass is 19.2. The molecule has 0 unspecified atom stereocenters. The number of carbonyl (C=O) groups is 1. The predicted molar refractivity (Wildman–Crippen MR) is 93.7 cm³/mol. The van der Waals surface area contributed by atoms with Crippen LogP contribution in [0, 0.1) is 34.7 Å². The highest BCUT2D eigenvalue weighted by Crippen LogP contribution is 2.38. The van der Waals surface area contributed by atoms with E-state index < -0.39 is 41.7 Å². The minimum atomic E-state index is -1.57. The first-order valence-corrected chi connectivity index (χ1v) is 9.05. The van der Waals surface area contributed by atoms with E-state index >= 15 is 0 Å². The number of esters is 1. The Hall–Kier alpha value is -2.93. The van der Waals surface area contributed by atoms with Crippen molar-refractivity contribution in [2.75, 3.05) is 0 Å². The molecule has 1 aliphatic rings. The van der Waals surface area contributed by atoms with E-state index in [9.17, 15) is 23.2 Å². The van der Waals surface area contributed by atoms with Gasteiger partial charge >= 0.3 is 5.97 Å². The number of rotatable bonds is 4. The first-order valence-electron chi connectivity index (χ1n) is 9.05. The molecule has 7 nitrogen and oxygen atoms in total. The second kappa shape index (κ2) is 8.21. The van der Waals surface area contributed by atoms with Gasteiger partial charge in [-0.25, -0.2) is 17.9 Å². The van der Waals surface area contributed by atoms with Crippen LogP contribution in [0.15, 0.2) is 18.3 Å². The van der Waals surface area contributed by atoms with Crippen molar-refractivity contribution in [3.05, 3.63) is 35.8 Å². The number of nitrogens with zero attached hydrogens (tertiary/aromatic N) is 4. The van der Waals surface area contributed by atoms with Crippen molar-refractivity contribution in [2.45, 2.75) is 51.5 Å². The maximum atomic E-state index is 13.6. The molecule has 0 bridgehead atoms. The van der Waals surface area contributed by atoms with Crippen molar-refractivity contribution in [3.8, 4) is 17.3 Å². The highest BCUT2D eigenvalue weighted by Gasteiger charge is 2.47. The van der Waals surface area contributed by atoms with Gasteiger partial charge in [-0.2, -0.15) is 5.26 Å². The molecule has 3 rings (SSSR count). The van der Waals surface area contributed by atoms with Crippen LogP contribution in [0.25, 0.3) is 11.3 Å². The minimum Gasteiger partial charge on any atom is -0.456 e. The Morgan fingerprint density at radius 1 is 1.34 bits per heavy atom. The second-order valence-corrected chi connectivity index (χ2v) is 6.89. The summed E-state index contributed by atoms with van der Waals surface area (Å²) in [5.74, 6) is -5.07. The van der Waals surface area contributed by atoms with E-state index in [1.54, 1.807) is 0 Å². The third-order valence-corrected chi connectivity index (χ3v) is 5.01. The Morgan fingerprint density at radius 2 is 2.00 bits per heavy atom. The van der Waals surface area contributed by atoms with Crippen molar-refractivity contribution < 1.29 is 27.4 Å². The van der Waals surface area contributed by atoms with Gasteiger partial charge in [-0.1, -0.05) is 19.1 Å². The molecule has 154 valence electrons. The van der Waals surface area contributed by atoms with Crippen molar-refractivity contribution >= 4 is 5.97 Å². The van der Waals surface area contributed by atoms with Crippen LogP contribution in [0.2, 0.25) is 0 Å². The van der Waals surface area contributed by atoms with E-state index in [2.05, 4.69) is 10.3 Å². The number of aromatic nitrogens is 3. The van der Waals surface area contributed by atoms with Gasteiger partial charge in [-0.05, 0) is 18.6 Å². The molecule has 29 heavy (non-hydrogen) atoms. The molecule has 5 atom stereocenters. The molecule has 1 aliphatic heterocycles. The Morgan fingerprint density at radius 3 is 2.55 bits per heavy atom. The SMILES string of the molecule is CC[C@H]1O[C@@H](C#N)[C@H](OC(C)=O)[C@@H](n2cc(-c3cc(F)c(F)c(F)c3)nn2)[C@H]1C. The van der Waals surface area contributed by atoms with Crippen LogP contribution in [-0.2, 0) is 14.3 Å². The van der Waals surface area contributed by atoms with Gasteiger partial charge in [0.15, 0.2) is 29.7 Å². The number of ether oxygens (including phenoxy) is 2. The van der Waals surface area contributed by atoms with Crippen LogP contribution in [0.3, 0.4) is 0 Å². The second-order valence-electron chi connectivity index (χ2n) is 6.89. The zero-order valence-electron chi connectivity index (χ0n) is 16.0. The average molecular weight is 408 g/mol. The molecule has 1 fully saturated rings. The van der Waals surface area contributed by atoms with Crippen molar-refractivity contribution in [1.82, 2.24) is 15.0 Å². The van der Waals surface area contributed by atoms with E-state index in [-0.39, 0.29) is 23.3 Å². The maximum absolute atomic E-state index is 13.6. The van der Waals surface area contributed by atoms with Gasteiger partial charge in [0, 0.05) is 18.4 Å². The van der Waals surface area contributed by atoms with Gasteiger partial charge in [0.25, 0.3) is 0 Å². The summed E-state index contributed by atoms with van der Waals surface area (Å²) < 4.78 is 52.9. The zero-order chi connectivity index (χ0) is 21.3. The number of halogens is 3. The predicted octanol–water partition coefficient (Wildman–Crippen LogP) is 3.17. The summed E-state index contributed by atoms with van der Waals surface area (Å²) in [5, 5.41) is 17.4. The van der Waals surface area contributed by atoms with E-state index in [4.69, 9.17) is 9.47 Å². The topological polar surface area (TPSA) is 90.0 Å². The lowest BCUT2D eigenvalue weighted by Crippen LogP contribution is -2.52. The lowest BCUT2D eigenvalue weighted by molar-refractivity contribution is -0.183. The zero-order valence-corrected chi connectivity index (χ0v) is 16.0. The molecule has 1 aromatic carbocycles. The molecule has 0 radical (unpaired) electrons. The van der Waals surface area contributed by atoms with Crippen molar-refractivity contribution in [1.29, 1.82) is 5.26 Å². The molecule has 2 heterocycles. The first-order chi connectivity index (χ1) is 13.8. The maximum Gasteiger partial charge on any atom is 0.303 e. The molecule has 0 spiro atoms. The van der Waals surface area contributed by atoms with Crippen molar-refractivity contribution in [3.63, 3.8) is 0 Å². The van der Waals surface area contributed by atoms with E-state index in [0.717, 1.165) is 12.1 Å². The third-order valence-electron chi connectivity index (χ3n) is 5.01. The standard InChI is InChI=1S/C19H19F3N4O3/c1-4-15-9(2)18(19(28-10(3)27)16(7-23)29-15)26-8-14(24-25-26)11-5-12(20)17(22)13(21)6-11/h5-6,8-9,15-16,18-19H,4H2,1-3H3/t9-,15+,16-,18-,19-/m0/s1. The number of nitriles is 1. The monoisotopic (exact) mass is 408 g/mol. The van der Waals surface area contributed by atoms with Crippen molar-refractivity contribution in [2.24, 2.45) is 5.92 Å². The van der Waals surface area contributed by atoms with Gasteiger partial charge in [0.05, 0.1) is 24.4 Å². The lowest BCUT2D eigenvalue weighted by atomic mass is 9.85. The largest absolute Gasteiger partial charge is 0.456 e. The highest BCUT2D eigenvalue weighted by molar-refractivity contribution is 5.66. The van der Waals surface area contributed by atoms with Gasteiger partial charge in [-0.3, -0.25) is 4.79 Å². The molecule has 10 heteroatoms. The normalized spacial score (nSPS) is 26.7. The molecule has 1 aromatic heterocycles. The van der Waals surface area contributed by atoms with Crippen LogP contribution in [0.4, 0.5) is 13.2 Å². The molecule has 0 aliphatic carbocycles. The Labute approximate surface area is 165 Å². The van der Waals surface area contributed by atoms with Crippen LogP contribution >= 0.6 is 0 Å². The molecular weight excluding hydrogens is 389 g/mol. The van der Waals surface area contributed by atoms with Crippen LogP contribution in [0.1, 0.15) is 33.2 Å². The van der Waals surface area contributed by atoms with Gasteiger partial charge in [0.1, 0.15) is 5.69 Å². The average Bonchev–Trinajstić information content (AvgIpc) is 3.15. The van der Waals surface area contributed by atoms with Crippen LogP contribution < -0.4 is 0 Å². The van der Waals surface area contributed by atoms with Gasteiger partial charge < -0.3 is 9.47 Å². The fourth-order valence-electron chi connectivity index (χ4n) is 3.63. The molecule has 0 saturated carbocycles. The van der Waals surface area contributed by atoms with Crippen LogP contribution in [-0.4, -0.2) is 39.3 Å². The van der Waals surface area contributed by atoms with E-state index in [1.165, 1.54) is 17.8 Å². The quantitative estimate of drug-likeness (QED) is 0.570. The summed E-state index contributed by atoms with van der Waals surface area (Å²) in [7, 11) is 0. The molecule has 0 N–H and O–H groups in total. The van der Waals surface area contributed by atoms with Gasteiger partial charge in [0.2, 0.25) is 0 Å². The Kier molecular flexibility index (Phi) is 5.88. The molecule has 0 amide bonds. The van der Waals surface area contributed by atoms with E-state index in [1.807, 2.05) is 19.9 Å². The third kappa shape index (κ3) is 3.96. The summed E-state index contributed by atoms with van der Waals surface area (Å²) >= 11 is 0. The summed E-state index contributed by atoms with van der Waals surface area (Å²) in [6, 6.07) is 3.04. The molecular formula is C19H19F3N4O3. The number of hydrogen-bond acceptors (Lipinski definition) is 6. The fraction of sp³-hybridized carbons (Fsp3) is 0.474. The van der Waals surface area contributed by atoms with E-state index in [0.29, 0.717) is 6.42 Å². The Balaban J connectivity index is 2.02. The summed E-state index contributed by atoms with van der Waals surface area (Å²) in [5.41, 5.74) is 0.102. The van der Waals surface area contributed by atoms with Crippen LogP contribution in [0.5, 0.6) is 0 Å².